The van der Waals surface area contributed by atoms with Gasteiger partial charge in [-0.2, -0.15) is 0 Å². The summed E-state index contributed by atoms with van der Waals surface area (Å²) in [5, 5.41) is 11.8. The monoisotopic (exact) mass is 405 g/mol. The van der Waals surface area contributed by atoms with Crippen molar-refractivity contribution >= 4 is 23.2 Å². The highest BCUT2D eigenvalue weighted by Crippen LogP contribution is 2.17. The van der Waals surface area contributed by atoms with Crippen LogP contribution in [0.1, 0.15) is 11.3 Å². The topological polar surface area (TPSA) is 45.8 Å². The summed E-state index contributed by atoms with van der Waals surface area (Å²) in [5.41, 5.74) is 1.11. The molecule has 27 heavy (non-hydrogen) atoms. The number of nitrogens with zero attached hydrogens (tertiary/aromatic N) is 1. The summed E-state index contributed by atoms with van der Waals surface area (Å²) in [6.07, 6.45) is 0.999. The van der Waals surface area contributed by atoms with Crippen LogP contribution >= 0.6 is 23.2 Å². The van der Waals surface area contributed by atoms with Gasteiger partial charge in [0.1, 0.15) is 24.2 Å². The van der Waals surface area contributed by atoms with E-state index in [0.29, 0.717) is 35.4 Å². The molecule has 1 heterocycles. The van der Waals surface area contributed by atoms with Crippen LogP contribution in [0, 0.1) is 0 Å². The Morgan fingerprint density at radius 3 is 2.22 bits per heavy atom. The zero-order valence-corrected chi connectivity index (χ0v) is 16.2. The molecular formula is C21H21Cl2NO3. The van der Waals surface area contributed by atoms with Gasteiger partial charge in [-0.25, -0.2) is 0 Å². The number of ether oxygens (including phenoxy) is 1. The quantitative estimate of drug-likeness (QED) is 0.542. The molecule has 1 aromatic heterocycles. The van der Waals surface area contributed by atoms with Crippen molar-refractivity contribution < 1.29 is 14.3 Å². The van der Waals surface area contributed by atoms with Gasteiger partial charge in [0.25, 0.3) is 0 Å². The van der Waals surface area contributed by atoms with Gasteiger partial charge in [0.05, 0.1) is 12.8 Å². The predicted molar refractivity (Wildman–Crippen MR) is 107 cm³/mol. The molecule has 0 amide bonds. The van der Waals surface area contributed by atoms with E-state index in [-0.39, 0.29) is 6.61 Å². The molecule has 0 saturated carbocycles. The molecule has 0 aliphatic heterocycles. The molecule has 0 radical (unpaired) electrons. The first-order valence-corrected chi connectivity index (χ1v) is 9.40. The zero-order valence-electron chi connectivity index (χ0n) is 14.7. The molecule has 142 valence electrons. The fraction of sp³-hybridized carbons (Fsp3) is 0.238. The summed E-state index contributed by atoms with van der Waals surface area (Å²) in [6, 6.07) is 18.5. The van der Waals surface area contributed by atoms with Gasteiger partial charge in [-0.05, 0) is 54.1 Å². The summed E-state index contributed by atoms with van der Waals surface area (Å²) in [7, 11) is 0. The first kappa shape index (κ1) is 19.8. The highest BCUT2D eigenvalue weighted by Gasteiger charge is 2.15. The fourth-order valence-corrected chi connectivity index (χ4v) is 2.98. The summed E-state index contributed by atoms with van der Waals surface area (Å²) in [4.78, 5) is 2.11. The van der Waals surface area contributed by atoms with Crippen LogP contribution in [0.5, 0.6) is 5.75 Å². The van der Waals surface area contributed by atoms with Gasteiger partial charge >= 0.3 is 0 Å². The van der Waals surface area contributed by atoms with Gasteiger partial charge in [0.15, 0.2) is 0 Å². The Morgan fingerprint density at radius 1 is 0.926 bits per heavy atom. The van der Waals surface area contributed by atoms with Crippen LogP contribution in [0.15, 0.2) is 71.3 Å². The fourth-order valence-electron chi connectivity index (χ4n) is 2.73. The number of halogens is 2. The Hall–Kier alpha value is -1.98. The highest BCUT2D eigenvalue weighted by atomic mass is 35.5. The van der Waals surface area contributed by atoms with Crippen LogP contribution in [0.3, 0.4) is 0 Å². The van der Waals surface area contributed by atoms with Gasteiger partial charge in [-0.3, -0.25) is 4.90 Å². The Labute approximate surface area is 168 Å². The van der Waals surface area contributed by atoms with Crippen LogP contribution in [0.2, 0.25) is 10.0 Å². The number of aliphatic hydroxyl groups excluding tert-OH is 1. The predicted octanol–water partition coefficient (Wildman–Crippen LogP) is 5.03. The van der Waals surface area contributed by atoms with E-state index in [1.54, 1.807) is 30.5 Å². The SMILES string of the molecule is O[C@@H](COc1ccc(Cl)cc1)CN(Cc1ccc(Cl)cc1)Cc1ccco1. The lowest BCUT2D eigenvalue weighted by Gasteiger charge is -2.24. The van der Waals surface area contributed by atoms with Crippen LogP contribution < -0.4 is 4.74 Å². The number of aliphatic hydroxyl groups is 1. The smallest absolute Gasteiger partial charge is 0.119 e. The van der Waals surface area contributed by atoms with Gasteiger partial charge in [-0.1, -0.05) is 35.3 Å². The summed E-state index contributed by atoms with van der Waals surface area (Å²) in [5.74, 6) is 1.52. The molecule has 0 bridgehead atoms. The summed E-state index contributed by atoms with van der Waals surface area (Å²) in [6.45, 7) is 1.89. The van der Waals surface area contributed by atoms with Gasteiger partial charge in [-0.15, -0.1) is 0 Å². The largest absolute Gasteiger partial charge is 0.491 e. The Kier molecular flexibility index (Phi) is 7.18. The molecule has 1 atom stereocenters. The Bertz CT molecular complexity index is 804. The van der Waals surface area contributed by atoms with Crippen LogP contribution in [0.25, 0.3) is 0 Å². The lowest BCUT2D eigenvalue weighted by atomic mass is 10.2. The highest BCUT2D eigenvalue weighted by molar-refractivity contribution is 6.30. The number of hydrogen-bond donors (Lipinski definition) is 1. The third-order valence-electron chi connectivity index (χ3n) is 4.00. The number of furan rings is 1. The minimum absolute atomic E-state index is 0.191. The third-order valence-corrected chi connectivity index (χ3v) is 4.51. The average Bonchev–Trinajstić information content (AvgIpc) is 3.16. The minimum atomic E-state index is -0.650. The molecule has 3 rings (SSSR count). The van der Waals surface area contributed by atoms with Crippen molar-refractivity contribution in [3.05, 3.63) is 88.3 Å². The Balaban J connectivity index is 1.59. The number of benzene rings is 2. The van der Waals surface area contributed by atoms with Gasteiger partial charge in [0, 0.05) is 23.1 Å². The van der Waals surface area contributed by atoms with E-state index in [4.69, 9.17) is 32.4 Å². The van der Waals surface area contributed by atoms with Crippen molar-refractivity contribution in [2.75, 3.05) is 13.2 Å². The second-order valence-electron chi connectivity index (χ2n) is 6.29. The lowest BCUT2D eigenvalue weighted by Crippen LogP contribution is -2.35. The van der Waals surface area contributed by atoms with E-state index in [0.717, 1.165) is 11.3 Å². The average molecular weight is 406 g/mol. The van der Waals surface area contributed by atoms with Gasteiger partial charge < -0.3 is 14.3 Å². The van der Waals surface area contributed by atoms with Crippen molar-refractivity contribution in [1.82, 2.24) is 4.90 Å². The van der Waals surface area contributed by atoms with E-state index >= 15 is 0 Å². The minimum Gasteiger partial charge on any atom is -0.491 e. The molecule has 3 aromatic rings. The van der Waals surface area contributed by atoms with E-state index in [9.17, 15) is 5.11 Å². The second-order valence-corrected chi connectivity index (χ2v) is 7.17. The first-order chi connectivity index (χ1) is 13.1. The summed E-state index contributed by atoms with van der Waals surface area (Å²) < 4.78 is 11.1. The molecule has 0 saturated heterocycles. The molecule has 0 aliphatic carbocycles. The van der Waals surface area contributed by atoms with Crippen LogP contribution in [0.4, 0.5) is 0 Å². The maximum atomic E-state index is 10.4. The molecule has 0 aliphatic rings. The standard InChI is InChI=1S/C21H21Cl2NO3/c22-17-5-3-16(4-6-17)12-24(14-21-2-1-11-26-21)13-19(25)15-27-20-9-7-18(23)8-10-20/h1-11,19,25H,12-15H2/t19-/m1/s1. The van der Waals surface area contributed by atoms with Crippen molar-refractivity contribution in [2.24, 2.45) is 0 Å². The van der Waals surface area contributed by atoms with Gasteiger partial charge in [0.2, 0.25) is 0 Å². The normalized spacial score (nSPS) is 12.3. The maximum Gasteiger partial charge on any atom is 0.119 e. The first-order valence-electron chi connectivity index (χ1n) is 8.64. The summed E-state index contributed by atoms with van der Waals surface area (Å²) >= 11 is 11.8. The van der Waals surface area contributed by atoms with Crippen LogP contribution in [-0.2, 0) is 13.1 Å². The molecule has 2 aromatic carbocycles. The van der Waals surface area contributed by atoms with Crippen molar-refractivity contribution in [3.63, 3.8) is 0 Å². The molecule has 0 unspecified atom stereocenters. The zero-order chi connectivity index (χ0) is 19.1. The molecule has 6 heteroatoms. The van der Waals surface area contributed by atoms with Crippen molar-refractivity contribution in [2.45, 2.75) is 19.2 Å². The molecular weight excluding hydrogens is 385 g/mol. The number of hydrogen-bond acceptors (Lipinski definition) is 4. The Morgan fingerprint density at radius 2 is 1.59 bits per heavy atom. The second kappa shape index (κ2) is 9.81. The van der Waals surface area contributed by atoms with E-state index in [2.05, 4.69) is 4.90 Å². The molecule has 0 fully saturated rings. The van der Waals surface area contributed by atoms with Crippen molar-refractivity contribution in [1.29, 1.82) is 0 Å². The molecule has 4 nitrogen and oxygen atoms in total. The lowest BCUT2D eigenvalue weighted by molar-refractivity contribution is 0.0605. The number of rotatable bonds is 9. The maximum absolute atomic E-state index is 10.4. The molecule has 1 N–H and O–H groups in total. The van der Waals surface area contributed by atoms with E-state index < -0.39 is 6.10 Å². The van der Waals surface area contributed by atoms with E-state index in [1.165, 1.54) is 0 Å². The molecule has 0 spiro atoms. The van der Waals surface area contributed by atoms with Crippen molar-refractivity contribution in [3.8, 4) is 5.75 Å². The van der Waals surface area contributed by atoms with E-state index in [1.807, 2.05) is 36.4 Å². The third kappa shape index (κ3) is 6.60. The van der Waals surface area contributed by atoms with Crippen LogP contribution in [-0.4, -0.2) is 29.3 Å².